The zero-order valence-corrected chi connectivity index (χ0v) is 28.5. The maximum absolute atomic E-state index is 14.7. The van der Waals surface area contributed by atoms with Crippen molar-refractivity contribution in [3.63, 3.8) is 0 Å². The average Bonchev–Trinajstić information content (AvgIpc) is 4.06. The molecule has 0 spiro atoms. The first kappa shape index (κ1) is 34.2. The molecule has 2 bridgehead atoms. The molecule has 3 heterocycles. The van der Waals surface area contributed by atoms with E-state index >= 15 is 0 Å². The highest BCUT2D eigenvalue weighted by atomic mass is 16.8. The summed E-state index contributed by atoms with van der Waals surface area (Å²) in [6, 6.07) is 12.3. The number of carbonyl (C=O) groups is 3. The van der Waals surface area contributed by atoms with Gasteiger partial charge >= 0.3 is 5.97 Å². The van der Waals surface area contributed by atoms with Gasteiger partial charge in [0.1, 0.15) is 41.6 Å². The molecular weight excluding hydrogens is 658 g/mol. The van der Waals surface area contributed by atoms with E-state index in [0.29, 0.717) is 6.42 Å². The van der Waals surface area contributed by atoms with E-state index in [4.69, 9.17) is 19.0 Å². The Kier molecular flexibility index (Phi) is 8.92. The van der Waals surface area contributed by atoms with E-state index in [0.717, 1.165) is 42.4 Å². The number of esters is 1. The fourth-order valence-corrected chi connectivity index (χ4v) is 8.64. The number of ether oxygens (including phenoxy) is 3. The summed E-state index contributed by atoms with van der Waals surface area (Å²) in [4.78, 5) is 48.7. The number of nitrogens with zero attached hydrogens (tertiary/aromatic N) is 1. The minimum atomic E-state index is -1.53. The lowest BCUT2D eigenvalue weighted by Gasteiger charge is -2.49. The molecule has 3 aliphatic heterocycles. The van der Waals surface area contributed by atoms with Crippen LogP contribution in [0.15, 0.2) is 54.6 Å². The Bertz CT molecular complexity index is 1700. The quantitative estimate of drug-likeness (QED) is 0.192. The summed E-state index contributed by atoms with van der Waals surface area (Å²) in [7, 11) is 0. The zero-order valence-electron chi connectivity index (χ0n) is 28.5. The van der Waals surface area contributed by atoms with Gasteiger partial charge in [-0.05, 0) is 61.8 Å². The average molecular weight is 704 g/mol. The molecule has 6 aliphatic rings. The molecule has 5 N–H and O–H groups in total. The van der Waals surface area contributed by atoms with Crippen molar-refractivity contribution in [3.05, 3.63) is 71.3 Å². The number of hydrogen-bond acceptors (Lipinski definition) is 11. The van der Waals surface area contributed by atoms with E-state index in [9.17, 15) is 29.7 Å². The summed E-state index contributed by atoms with van der Waals surface area (Å²) in [5, 5.41) is 36.9. The number of aromatic hydroxyl groups is 1. The van der Waals surface area contributed by atoms with Crippen LogP contribution in [0.2, 0.25) is 0 Å². The number of fused-ring (bicyclic) bond motifs is 4. The smallest absolute Gasteiger partial charge is 0.327 e. The predicted octanol–water partition coefficient (Wildman–Crippen LogP) is 1.72. The summed E-state index contributed by atoms with van der Waals surface area (Å²) >= 11 is 0. The number of para-hydroxylation sites is 1. The molecule has 13 heteroatoms. The summed E-state index contributed by atoms with van der Waals surface area (Å²) in [5.74, 6) is -2.09. The molecule has 13 nitrogen and oxygen atoms in total. The normalized spacial score (nSPS) is 31.9. The van der Waals surface area contributed by atoms with Gasteiger partial charge in [0.2, 0.25) is 11.8 Å². The van der Waals surface area contributed by atoms with Gasteiger partial charge < -0.3 is 40.2 Å². The number of allylic oxidation sites excluding steroid dienone is 1. The third-order valence-electron chi connectivity index (χ3n) is 11.4. The van der Waals surface area contributed by atoms with Crippen LogP contribution in [0.1, 0.15) is 55.7 Å². The molecule has 0 aromatic heterocycles. The van der Waals surface area contributed by atoms with Crippen molar-refractivity contribution in [2.75, 3.05) is 13.2 Å². The van der Waals surface area contributed by atoms with Gasteiger partial charge in [-0.25, -0.2) is 0 Å². The first-order chi connectivity index (χ1) is 24.7. The zero-order chi connectivity index (χ0) is 35.5. The molecule has 8 atom stereocenters. The Labute approximate surface area is 295 Å². The van der Waals surface area contributed by atoms with Crippen LogP contribution in [0.25, 0.3) is 6.08 Å². The van der Waals surface area contributed by atoms with Gasteiger partial charge in [0.15, 0.2) is 11.8 Å². The minimum Gasteiger partial charge on any atom is -0.508 e. The van der Waals surface area contributed by atoms with Crippen LogP contribution >= 0.6 is 0 Å². The molecule has 0 unspecified atom stereocenters. The Morgan fingerprint density at radius 2 is 1.71 bits per heavy atom. The highest BCUT2D eigenvalue weighted by molar-refractivity contribution is 5.96. The van der Waals surface area contributed by atoms with Gasteiger partial charge in [-0.15, -0.1) is 0 Å². The molecule has 6 fully saturated rings. The molecule has 2 amide bonds. The molecule has 2 aromatic rings. The summed E-state index contributed by atoms with van der Waals surface area (Å²) in [5.41, 5.74) is 0.939. The van der Waals surface area contributed by atoms with Gasteiger partial charge in [-0.3, -0.25) is 19.2 Å². The third-order valence-corrected chi connectivity index (χ3v) is 11.4. The number of aliphatic hydroxyl groups is 2. The van der Waals surface area contributed by atoms with Gasteiger partial charge in [-0.2, -0.15) is 5.06 Å². The van der Waals surface area contributed by atoms with Crippen molar-refractivity contribution >= 4 is 23.9 Å². The second kappa shape index (κ2) is 13.3. The number of aliphatic hydroxyl groups excluding tert-OH is 2. The number of phenolic OH excluding ortho intramolecular Hbond substituents is 1. The molecule has 2 aromatic carbocycles. The molecule has 272 valence electrons. The number of carbonyl (C=O) groups excluding carboxylic acids is 3. The van der Waals surface area contributed by atoms with Crippen molar-refractivity contribution in [2.24, 2.45) is 17.3 Å². The van der Waals surface area contributed by atoms with Gasteiger partial charge in [0.05, 0.1) is 19.3 Å². The summed E-state index contributed by atoms with van der Waals surface area (Å²) in [6.45, 7) is 1.15. The first-order valence-corrected chi connectivity index (χ1v) is 18.0. The fraction of sp³-hybridized carbons (Fsp3) is 0.553. The van der Waals surface area contributed by atoms with E-state index < -0.39 is 71.6 Å². The number of hydroxylamine groups is 2. The largest absolute Gasteiger partial charge is 0.508 e. The maximum Gasteiger partial charge on any atom is 0.327 e. The van der Waals surface area contributed by atoms with E-state index in [1.165, 1.54) is 12.0 Å². The van der Waals surface area contributed by atoms with Crippen molar-refractivity contribution in [1.82, 2.24) is 15.7 Å². The summed E-state index contributed by atoms with van der Waals surface area (Å²) < 4.78 is 19.8. The van der Waals surface area contributed by atoms with Crippen LogP contribution in [-0.2, 0) is 46.4 Å². The SMILES string of the molecule is C[C@H](O)[C@@H](NC(=O)[C@@]12C[C@H]3OC(=O)[C@@H]1N(Cc1ccccc1C=CCc1ccccc1O)O[C@@H]2[C@H]1OC(C2CC2)(C2CC2)O[C@H]13)C(=O)NCCO. The van der Waals surface area contributed by atoms with E-state index in [-0.39, 0.29) is 43.7 Å². The molecule has 3 saturated heterocycles. The fourth-order valence-electron chi connectivity index (χ4n) is 8.64. The Morgan fingerprint density at radius 1 is 1.02 bits per heavy atom. The molecule has 51 heavy (non-hydrogen) atoms. The third kappa shape index (κ3) is 5.93. The van der Waals surface area contributed by atoms with Crippen molar-refractivity contribution < 1.29 is 48.8 Å². The number of nitrogens with one attached hydrogen (secondary N) is 2. The number of benzene rings is 2. The van der Waals surface area contributed by atoms with Gasteiger partial charge in [0.25, 0.3) is 0 Å². The Hall–Kier alpha value is -3.85. The highest BCUT2D eigenvalue weighted by Crippen LogP contribution is 2.63. The highest BCUT2D eigenvalue weighted by Gasteiger charge is 2.78. The Balaban J connectivity index is 1.13. The van der Waals surface area contributed by atoms with Crippen LogP contribution in [-0.4, -0.2) is 99.7 Å². The monoisotopic (exact) mass is 703 g/mol. The number of hydrogen-bond donors (Lipinski definition) is 5. The van der Waals surface area contributed by atoms with Crippen molar-refractivity contribution in [1.29, 1.82) is 0 Å². The van der Waals surface area contributed by atoms with E-state index in [2.05, 4.69) is 10.6 Å². The standard InChI is InChI=1S/C38H45N3O10/c1-21(43)29(34(45)39-17-18-42)40-36(47)37-19-28-30-31(50-38(49-30,25-13-14-25)26-15-16-26)33(37)51-41(32(37)35(46)48-28)20-24-9-3-2-7-22(24)10-6-11-23-8-4-5-12-27(23)44/h2-10,12,21,25-26,28-33,42-44H,11,13-20H2,1H3,(H,39,45)(H,40,47)/t21-,28+,29+,30-,31-,32-,33+,37-/m0/s1. The molecular formula is C38H45N3O10. The van der Waals surface area contributed by atoms with Crippen molar-refractivity contribution in [3.8, 4) is 5.75 Å². The topological polar surface area (TPSA) is 176 Å². The first-order valence-electron chi connectivity index (χ1n) is 18.0. The summed E-state index contributed by atoms with van der Waals surface area (Å²) in [6.07, 6.45) is 4.02. The minimum absolute atomic E-state index is 0.0562. The van der Waals surface area contributed by atoms with Crippen LogP contribution in [0.3, 0.4) is 0 Å². The van der Waals surface area contributed by atoms with Crippen LogP contribution < -0.4 is 10.6 Å². The molecule has 3 aliphatic carbocycles. The number of amides is 2. The molecule has 8 rings (SSSR count). The van der Waals surface area contributed by atoms with Crippen LogP contribution in [0.5, 0.6) is 5.75 Å². The van der Waals surface area contributed by atoms with E-state index in [1.54, 1.807) is 12.1 Å². The molecule has 0 radical (unpaired) electrons. The van der Waals surface area contributed by atoms with Gasteiger partial charge in [-0.1, -0.05) is 54.6 Å². The number of rotatable bonds is 13. The number of phenols is 1. The van der Waals surface area contributed by atoms with Crippen LogP contribution in [0, 0.1) is 17.3 Å². The second-order valence-corrected chi connectivity index (χ2v) is 14.8. The van der Waals surface area contributed by atoms with E-state index in [1.807, 2.05) is 48.6 Å². The lowest BCUT2D eigenvalue weighted by molar-refractivity contribution is -0.235. The lowest BCUT2D eigenvalue weighted by Crippen LogP contribution is -2.71. The Morgan fingerprint density at radius 3 is 2.39 bits per heavy atom. The van der Waals surface area contributed by atoms with Crippen molar-refractivity contribution in [2.45, 2.75) is 100 Å². The molecule has 3 saturated carbocycles. The van der Waals surface area contributed by atoms with Crippen LogP contribution in [0.4, 0.5) is 0 Å². The second-order valence-electron chi connectivity index (χ2n) is 14.8. The maximum atomic E-state index is 14.7. The predicted molar refractivity (Wildman–Crippen MR) is 180 cm³/mol. The lowest BCUT2D eigenvalue weighted by atomic mass is 9.62. The van der Waals surface area contributed by atoms with Gasteiger partial charge in [0, 0.05) is 24.8 Å².